The highest BCUT2D eigenvalue weighted by Crippen LogP contribution is 2.37. The smallest absolute Gasteiger partial charge is 0.282 e. The van der Waals surface area contributed by atoms with E-state index in [4.69, 9.17) is 16.3 Å². The maximum Gasteiger partial charge on any atom is 0.282 e. The Kier molecular flexibility index (Phi) is 5.53. The fraction of sp³-hybridized carbons (Fsp3) is 0.120. The molecular formula is C25H21ClN2O3. The third-order valence-corrected chi connectivity index (χ3v) is 5.67. The molecule has 0 bridgehead atoms. The van der Waals surface area contributed by atoms with Crippen molar-refractivity contribution in [3.05, 3.63) is 94.1 Å². The molecule has 0 saturated heterocycles. The molecule has 1 heterocycles. The zero-order valence-electron chi connectivity index (χ0n) is 17.4. The van der Waals surface area contributed by atoms with Gasteiger partial charge in [0.1, 0.15) is 11.4 Å². The number of methoxy groups -OCH3 is 1. The standard InChI is InChI=1S/C25H21ClN2O3/c1-15-7-11-18(12-8-15)27-23-22(17-9-13-19(31-3)14-10-17)24(29)28(25(23)30)21-6-4-5-20(26)16(21)2/h4-14,27H,1-3H3. The van der Waals surface area contributed by atoms with Gasteiger partial charge in [-0.2, -0.15) is 0 Å². The number of hydrogen-bond donors (Lipinski definition) is 1. The number of rotatable bonds is 5. The average Bonchev–Trinajstić information content (AvgIpc) is 3.01. The van der Waals surface area contributed by atoms with E-state index in [2.05, 4.69) is 5.32 Å². The van der Waals surface area contributed by atoms with Crippen LogP contribution in [0.4, 0.5) is 11.4 Å². The van der Waals surface area contributed by atoms with Crippen molar-refractivity contribution in [3.63, 3.8) is 0 Å². The fourth-order valence-electron chi connectivity index (χ4n) is 3.51. The second-order valence-electron chi connectivity index (χ2n) is 7.30. The van der Waals surface area contributed by atoms with E-state index in [1.165, 1.54) is 4.90 Å². The van der Waals surface area contributed by atoms with Crippen LogP contribution in [0.5, 0.6) is 5.75 Å². The number of carbonyl (C=O) groups is 2. The number of nitrogens with zero attached hydrogens (tertiary/aromatic N) is 1. The van der Waals surface area contributed by atoms with Crippen LogP contribution in [-0.4, -0.2) is 18.9 Å². The normalized spacial score (nSPS) is 13.7. The van der Waals surface area contributed by atoms with Gasteiger partial charge in [0.25, 0.3) is 11.8 Å². The highest BCUT2D eigenvalue weighted by molar-refractivity contribution is 6.46. The predicted octanol–water partition coefficient (Wildman–Crippen LogP) is 5.36. The second kappa shape index (κ2) is 8.28. The van der Waals surface area contributed by atoms with Crippen molar-refractivity contribution in [2.24, 2.45) is 0 Å². The molecule has 0 spiro atoms. The van der Waals surface area contributed by atoms with Gasteiger partial charge in [-0.05, 0) is 61.4 Å². The van der Waals surface area contributed by atoms with Gasteiger partial charge < -0.3 is 10.1 Å². The van der Waals surface area contributed by atoms with Crippen LogP contribution in [0, 0.1) is 13.8 Å². The number of carbonyl (C=O) groups excluding carboxylic acids is 2. The summed E-state index contributed by atoms with van der Waals surface area (Å²) in [6.45, 7) is 3.77. The van der Waals surface area contributed by atoms with E-state index in [0.717, 1.165) is 11.3 Å². The SMILES string of the molecule is COc1ccc(C2=C(Nc3ccc(C)cc3)C(=O)N(c3cccc(Cl)c3C)C2=O)cc1. The van der Waals surface area contributed by atoms with E-state index in [9.17, 15) is 9.59 Å². The van der Waals surface area contributed by atoms with E-state index in [1.807, 2.05) is 31.2 Å². The van der Waals surface area contributed by atoms with Crippen molar-refractivity contribution in [1.82, 2.24) is 0 Å². The van der Waals surface area contributed by atoms with Gasteiger partial charge in [0.2, 0.25) is 0 Å². The quantitative estimate of drug-likeness (QED) is 0.551. The molecule has 0 unspecified atom stereocenters. The lowest BCUT2D eigenvalue weighted by Crippen LogP contribution is -2.33. The molecule has 3 aromatic carbocycles. The molecule has 0 aliphatic carbocycles. The van der Waals surface area contributed by atoms with E-state index < -0.39 is 11.8 Å². The van der Waals surface area contributed by atoms with Crippen molar-refractivity contribution >= 4 is 40.4 Å². The zero-order valence-corrected chi connectivity index (χ0v) is 18.2. The average molecular weight is 433 g/mol. The summed E-state index contributed by atoms with van der Waals surface area (Å²) >= 11 is 6.26. The van der Waals surface area contributed by atoms with E-state index in [1.54, 1.807) is 56.5 Å². The summed E-state index contributed by atoms with van der Waals surface area (Å²) in [5, 5.41) is 3.65. The van der Waals surface area contributed by atoms with E-state index in [0.29, 0.717) is 33.2 Å². The number of halogens is 1. The first-order valence-electron chi connectivity index (χ1n) is 9.77. The highest BCUT2D eigenvalue weighted by atomic mass is 35.5. The third kappa shape index (κ3) is 3.80. The van der Waals surface area contributed by atoms with Crippen LogP contribution >= 0.6 is 11.6 Å². The molecule has 156 valence electrons. The maximum absolute atomic E-state index is 13.5. The number of anilines is 2. The number of ether oxygens (including phenoxy) is 1. The summed E-state index contributed by atoms with van der Waals surface area (Å²) < 4.78 is 5.22. The van der Waals surface area contributed by atoms with Crippen LogP contribution in [0.1, 0.15) is 16.7 Å². The molecule has 0 aromatic heterocycles. The van der Waals surface area contributed by atoms with E-state index >= 15 is 0 Å². The van der Waals surface area contributed by atoms with Crippen molar-refractivity contribution < 1.29 is 14.3 Å². The molecule has 3 aromatic rings. The highest BCUT2D eigenvalue weighted by Gasteiger charge is 2.41. The Morgan fingerprint density at radius 3 is 2.19 bits per heavy atom. The van der Waals surface area contributed by atoms with Crippen LogP contribution in [0.25, 0.3) is 5.57 Å². The number of imide groups is 1. The van der Waals surface area contributed by atoms with Gasteiger partial charge in [-0.1, -0.05) is 47.5 Å². The molecule has 1 aliphatic rings. The molecule has 6 heteroatoms. The van der Waals surface area contributed by atoms with Gasteiger partial charge in [0.15, 0.2) is 0 Å². The Morgan fingerprint density at radius 2 is 1.55 bits per heavy atom. The summed E-state index contributed by atoms with van der Waals surface area (Å²) in [5.41, 5.74) is 4.09. The maximum atomic E-state index is 13.5. The van der Waals surface area contributed by atoms with Crippen molar-refractivity contribution in [1.29, 1.82) is 0 Å². The fourth-order valence-corrected chi connectivity index (χ4v) is 3.68. The third-order valence-electron chi connectivity index (χ3n) is 5.26. The number of hydrogen-bond acceptors (Lipinski definition) is 4. The minimum atomic E-state index is -0.429. The molecule has 0 fully saturated rings. The first-order chi connectivity index (χ1) is 14.9. The zero-order chi connectivity index (χ0) is 22.1. The molecule has 0 atom stereocenters. The molecule has 4 rings (SSSR count). The summed E-state index contributed by atoms with van der Waals surface area (Å²) in [5.74, 6) is -0.173. The van der Waals surface area contributed by atoms with Crippen LogP contribution in [-0.2, 0) is 9.59 Å². The van der Waals surface area contributed by atoms with Gasteiger partial charge in [-0.25, -0.2) is 4.90 Å². The van der Waals surface area contributed by atoms with Gasteiger partial charge in [-0.15, -0.1) is 0 Å². The first-order valence-corrected chi connectivity index (χ1v) is 10.1. The Labute approximate surface area is 185 Å². The molecule has 0 radical (unpaired) electrons. The van der Waals surface area contributed by atoms with E-state index in [-0.39, 0.29) is 5.70 Å². The Bertz CT molecular complexity index is 1200. The number of nitrogens with one attached hydrogen (secondary N) is 1. The molecular weight excluding hydrogens is 412 g/mol. The minimum Gasteiger partial charge on any atom is -0.497 e. The summed E-state index contributed by atoms with van der Waals surface area (Å²) in [7, 11) is 1.58. The summed E-state index contributed by atoms with van der Waals surface area (Å²) in [6.07, 6.45) is 0. The monoisotopic (exact) mass is 432 g/mol. The summed E-state index contributed by atoms with van der Waals surface area (Å²) in [6, 6.07) is 19.9. The van der Waals surface area contributed by atoms with Gasteiger partial charge in [0, 0.05) is 10.7 Å². The van der Waals surface area contributed by atoms with Crippen LogP contribution < -0.4 is 15.0 Å². The number of benzene rings is 3. The molecule has 0 saturated carbocycles. The van der Waals surface area contributed by atoms with Gasteiger partial charge in [0.05, 0.1) is 18.4 Å². The van der Waals surface area contributed by atoms with Crippen LogP contribution in [0.2, 0.25) is 5.02 Å². The second-order valence-corrected chi connectivity index (χ2v) is 7.71. The Balaban J connectivity index is 1.83. The molecule has 2 amide bonds. The van der Waals surface area contributed by atoms with Gasteiger partial charge in [-0.3, -0.25) is 9.59 Å². The lowest BCUT2D eigenvalue weighted by atomic mass is 10.0. The molecule has 5 nitrogen and oxygen atoms in total. The topological polar surface area (TPSA) is 58.6 Å². The van der Waals surface area contributed by atoms with Crippen LogP contribution in [0.15, 0.2) is 72.4 Å². The lowest BCUT2D eigenvalue weighted by Gasteiger charge is -2.18. The Hall–Kier alpha value is -3.57. The lowest BCUT2D eigenvalue weighted by molar-refractivity contribution is -0.120. The molecule has 1 N–H and O–H groups in total. The van der Waals surface area contributed by atoms with Crippen molar-refractivity contribution in [3.8, 4) is 5.75 Å². The largest absolute Gasteiger partial charge is 0.497 e. The Morgan fingerprint density at radius 1 is 0.871 bits per heavy atom. The first kappa shape index (κ1) is 20.7. The molecule has 1 aliphatic heterocycles. The number of aryl methyl sites for hydroxylation is 1. The summed E-state index contributed by atoms with van der Waals surface area (Å²) in [4.78, 5) is 28.2. The predicted molar refractivity (Wildman–Crippen MR) is 123 cm³/mol. The van der Waals surface area contributed by atoms with Crippen molar-refractivity contribution in [2.75, 3.05) is 17.3 Å². The molecule has 31 heavy (non-hydrogen) atoms. The number of amides is 2. The van der Waals surface area contributed by atoms with Crippen LogP contribution in [0.3, 0.4) is 0 Å². The van der Waals surface area contributed by atoms with Crippen molar-refractivity contribution in [2.45, 2.75) is 13.8 Å². The van der Waals surface area contributed by atoms with Gasteiger partial charge >= 0.3 is 0 Å². The minimum absolute atomic E-state index is 0.221.